The fourth-order valence-corrected chi connectivity index (χ4v) is 2.15. The van der Waals surface area contributed by atoms with E-state index in [1.807, 2.05) is 0 Å². The quantitative estimate of drug-likeness (QED) is 0.561. The topological polar surface area (TPSA) is 92.4 Å². The second kappa shape index (κ2) is 5.31. The third kappa shape index (κ3) is 4.04. The molecule has 1 aromatic carbocycles. The summed E-state index contributed by atoms with van der Waals surface area (Å²) in [5, 5.41) is 8.66. The summed E-state index contributed by atoms with van der Waals surface area (Å²) in [5.74, 6) is -0.853. The highest BCUT2D eigenvalue weighted by atomic mass is 32.2. The largest absolute Gasteiger partial charge is 0.415 e. The number of sulfonamides is 1. The molecule has 19 heavy (non-hydrogen) atoms. The van der Waals surface area contributed by atoms with Gasteiger partial charge in [-0.25, -0.2) is 17.5 Å². The van der Waals surface area contributed by atoms with Crippen LogP contribution in [0.5, 0.6) is 0 Å². The lowest BCUT2D eigenvalue weighted by Gasteiger charge is -2.15. The minimum Gasteiger partial charge on any atom is -0.396 e. The summed E-state index contributed by atoms with van der Waals surface area (Å²) in [5.41, 5.74) is 4.69. The lowest BCUT2D eigenvalue weighted by molar-refractivity contribution is -0.200. The molecule has 0 heterocycles. The van der Waals surface area contributed by atoms with Gasteiger partial charge >= 0.3 is 6.18 Å². The molecule has 0 saturated carbocycles. The summed E-state index contributed by atoms with van der Waals surface area (Å²) in [6, 6.07) is 2.37. The number of alkyl halides is 3. The fraction of sp³-hybridized carbons (Fsp3) is 0.333. The van der Waals surface area contributed by atoms with Crippen molar-refractivity contribution in [3.63, 3.8) is 0 Å². The number of hydrogen-bond donors (Lipinski definition) is 3. The minimum atomic E-state index is -4.94. The molecule has 4 N–H and O–H groups in total. The molecule has 0 bridgehead atoms. The van der Waals surface area contributed by atoms with Gasteiger partial charge in [0.05, 0.1) is 10.6 Å². The number of aliphatic hydroxyl groups is 1. The molecule has 1 rings (SSSR count). The summed E-state index contributed by atoms with van der Waals surface area (Å²) in [7, 11) is -4.31. The van der Waals surface area contributed by atoms with Crippen molar-refractivity contribution in [1.29, 1.82) is 0 Å². The molecule has 0 amide bonds. The fourth-order valence-electron chi connectivity index (χ4n) is 1.08. The zero-order chi connectivity index (χ0) is 14.8. The van der Waals surface area contributed by atoms with E-state index in [1.165, 1.54) is 0 Å². The number of rotatable bonds is 4. The number of aliphatic hydroxyl groups excluding tert-OH is 1. The van der Waals surface area contributed by atoms with E-state index in [0.717, 1.165) is 18.2 Å². The van der Waals surface area contributed by atoms with Crippen LogP contribution in [-0.2, 0) is 10.0 Å². The molecule has 0 aliphatic heterocycles. The van der Waals surface area contributed by atoms with Gasteiger partial charge in [0, 0.05) is 6.54 Å². The highest BCUT2D eigenvalue weighted by Gasteiger charge is 2.38. The molecule has 0 fully saturated rings. The first-order valence-electron chi connectivity index (χ1n) is 4.83. The first-order chi connectivity index (χ1) is 8.54. The van der Waals surface area contributed by atoms with E-state index in [2.05, 4.69) is 0 Å². The zero-order valence-electron chi connectivity index (χ0n) is 9.28. The standard InChI is InChI=1S/C9H10F4N2O3S/c10-6-2-1-5(3-7(6)14)19(17,18)15-4-8(16)9(11,12)13/h1-3,8,15-16H,4,14H2. The molecule has 0 aliphatic rings. The average Bonchev–Trinajstić information content (AvgIpc) is 2.28. The zero-order valence-corrected chi connectivity index (χ0v) is 10.1. The van der Waals surface area contributed by atoms with Crippen molar-refractivity contribution in [1.82, 2.24) is 4.72 Å². The van der Waals surface area contributed by atoms with Crippen molar-refractivity contribution in [2.24, 2.45) is 0 Å². The van der Waals surface area contributed by atoms with Gasteiger partial charge in [-0.3, -0.25) is 0 Å². The first-order valence-corrected chi connectivity index (χ1v) is 6.32. The van der Waals surface area contributed by atoms with Crippen LogP contribution >= 0.6 is 0 Å². The molecule has 1 unspecified atom stereocenters. The number of nitrogens with two attached hydrogens (primary N) is 1. The number of hydrogen-bond acceptors (Lipinski definition) is 4. The monoisotopic (exact) mass is 302 g/mol. The molecule has 0 aromatic heterocycles. The van der Waals surface area contributed by atoms with Gasteiger partial charge in [-0.15, -0.1) is 0 Å². The third-order valence-corrected chi connectivity index (χ3v) is 3.54. The molecule has 5 nitrogen and oxygen atoms in total. The summed E-state index contributed by atoms with van der Waals surface area (Å²) in [6.07, 6.45) is -7.77. The Balaban J connectivity index is 2.85. The Labute approximate surface area is 106 Å². The van der Waals surface area contributed by atoms with E-state index in [-0.39, 0.29) is 0 Å². The molecule has 1 atom stereocenters. The molecule has 0 aliphatic carbocycles. The molecule has 108 valence electrons. The molecule has 0 saturated heterocycles. The smallest absolute Gasteiger partial charge is 0.396 e. The number of nitrogen functional groups attached to an aromatic ring is 1. The van der Waals surface area contributed by atoms with Crippen LogP contribution in [0.3, 0.4) is 0 Å². The molecule has 0 spiro atoms. The van der Waals surface area contributed by atoms with E-state index < -0.39 is 45.2 Å². The van der Waals surface area contributed by atoms with Crippen LogP contribution in [0.15, 0.2) is 23.1 Å². The number of halogens is 4. The molecule has 1 aromatic rings. The van der Waals surface area contributed by atoms with Crippen molar-refractivity contribution in [3.05, 3.63) is 24.0 Å². The summed E-state index contributed by atoms with van der Waals surface area (Å²) >= 11 is 0. The highest BCUT2D eigenvalue weighted by Crippen LogP contribution is 2.20. The van der Waals surface area contributed by atoms with Gasteiger partial charge < -0.3 is 10.8 Å². The van der Waals surface area contributed by atoms with Crippen LogP contribution in [0.25, 0.3) is 0 Å². The van der Waals surface area contributed by atoms with E-state index in [0.29, 0.717) is 0 Å². The van der Waals surface area contributed by atoms with Gasteiger partial charge in [0.25, 0.3) is 0 Å². The Hall–Kier alpha value is -1.39. The average molecular weight is 302 g/mol. The van der Waals surface area contributed by atoms with E-state index in [9.17, 15) is 26.0 Å². The Kier molecular flexibility index (Phi) is 4.38. The predicted octanol–water partition coefficient (Wildman–Crippen LogP) is 0.609. The van der Waals surface area contributed by atoms with Gasteiger partial charge in [-0.2, -0.15) is 13.2 Å². The second-order valence-corrected chi connectivity index (χ2v) is 5.36. The number of anilines is 1. The maximum Gasteiger partial charge on any atom is 0.415 e. The van der Waals surface area contributed by atoms with Crippen LogP contribution in [-0.4, -0.2) is 32.3 Å². The molecular weight excluding hydrogens is 292 g/mol. The maximum absolute atomic E-state index is 12.8. The highest BCUT2D eigenvalue weighted by molar-refractivity contribution is 7.89. The van der Waals surface area contributed by atoms with Crippen molar-refractivity contribution >= 4 is 15.7 Å². The normalized spacial score (nSPS) is 14.4. The Morgan fingerprint density at radius 2 is 1.95 bits per heavy atom. The molecule has 0 radical (unpaired) electrons. The maximum atomic E-state index is 12.8. The van der Waals surface area contributed by atoms with Gasteiger partial charge in [0.1, 0.15) is 5.82 Å². The minimum absolute atomic E-state index is 0.459. The molecular formula is C9H10F4N2O3S. The van der Waals surface area contributed by atoms with Crippen molar-refractivity contribution < 1.29 is 31.1 Å². The van der Waals surface area contributed by atoms with Crippen molar-refractivity contribution in [3.8, 4) is 0 Å². The first kappa shape index (κ1) is 15.7. The Bertz CT molecular complexity index is 559. The van der Waals surface area contributed by atoms with Crippen LogP contribution < -0.4 is 10.5 Å². The van der Waals surface area contributed by atoms with Crippen LogP contribution in [0.1, 0.15) is 0 Å². The summed E-state index contributed by atoms with van der Waals surface area (Å²) in [4.78, 5) is -0.499. The van der Waals surface area contributed by atoms with Crippen LogP contribution in [0.4, 0.5) is 23.2 Å². The van der Waals surface area contributed by atoms with E-state index >= 15 is 0 Å². The number of nitrogens with one attached hydrogen (secondary N) is 1. The van der Waals surface area contributed by atoms with Gasteiger partial charge in [0.15, 0.2) is 6.10 Å². The summed E-state index contributed by atoms with van der Waals surface area (Å²) < 4.78 is 73.5. The van der Waals surface area contributed by atoms with E-state index in [4.69, 9.17) is 10.8 Å². The molecule has 10 heteroatoms. The third-order valence-electron chi connectivity index (χ3n) is 2.12. The van der Waals surface area contributed by atoms with Gasteiger partial charge in [0.2, 0.25) is 10.0 Å². The van der Waals surface area contributed by atoms with Crippen molar-refractivity contribution in [2.75, 3.05) is 12.3 Å². The van der Waals surface area contributed by atoms with Crippen LogP contribution in [0, 0.1) is 5.82 Å². The Morgan fingerprint density at radius 1 is 1.37 bits per heavy atom. The van der Waals surface area contributed by atoms with Crippen LogP contribution in [0.2, 0.25) is 0 Å². The van der Waals surface area contributed by atoms with E-state index in [1.54, 1.807) is 4.72 Å². The summed E-state index contributed by atoms with van der Waals surface area (Å²) in [6.45, 7) is -1.25. The van der Waals surface area contributed by atoms with Crippen molar-refractivity contribution in [2.45, 2.75) is 17.2 Å². The lowest BCUT2D eigenvalue weighted by Crippen LogP contribution is -2.40. The lowest BCUT2D eigenvalue weighted by atomic mass is 10.3. The Morgan fingerprint density at radius 3 is 2.42 bits per heavy atom. The van der Waals surface area contributed by atoms with Gasteiger partial charge in [-0.1, -0.05) is 0 Å². The van der Waals surface area contributed by atoms with Gasteiger partial charge in [-0.05, 0) is 18.2 Å². The predicted molar refractivity (Wildman–Crippen MR) is 58.1 cm³/mol. The number of benzene rings is 1. The second-order valence-electron chi connectivity index (χ2n) is 3.59. The SMILES string of the molecule is Nc1cc(S(=O)(=O)NCC(O)C(F)(F)F)ccc1F.